The highest BCUT2D eigenvalue weighted by Crippen LogP contribution is 2.18. The topological polar surface area (TPSA) is 12.4 Å². The van der Waals surface area contributed by atoms with Crippen molar-refractivity contribution in [3.8, 4) is 11.8 Å². The summed E-state index contributed by atoms with van der Waals surface area (Å²) in [5.41, 5.74) is 3.50. The van der Waals surface area contributed by atoms with Crippen LogP contribution < -0.4 is 0 Å². The van der Waals surface area contributed by atoms with Crippen LogP contribution in [0.1, 0.15) is 44.4 Å². The summed E-state index contributed by atoms with van der Waals surface area (Å²) in [6.07, 6.45) is 0.876. The maximum absolute atomic E-state index is 4.57. The van der Waals surface area contributed by atoms with Crippen molar-refractivity contribution >= 4 is 5.71 Å². The van der Waals surface area contributed by atoms with Gasteiger partial charge in [0, 0.05) is 12.1 Å². The first-order chi connectivity index (χ1) is 7.63. The van der Waals surface area contributed by atoms with Crippen molar-refractivity contribution in [3.63, 3.8) is 0 Å². The van der Waals surface area contributed by atoms with Crippen molar-refractivity contribution < 1.29 is 0 Å². The molecule has 0 heterocycles. The van der Waals surface area contributed by atoms with Crippen molar-refractivity contribution in [2.45, 2.75) is 40.2 Å². The van der Waals surface area contributed by atoms with Crippen molar-refractivity contribution in [2.24, 2.45) is 4.99 Å². The number of benzene rings is 1. The van der Waals surface area contributed by atoms with Crippen LogP contribution in [0, 0.1) is 18.8 Å². The average Bonchev–Trinajstić information content (AvgIpc) is 2.23. The number of aliphatic imine (C=N–C) groups is 1. The normalized spacial score (nSPS) is 11.2. The summed E-state index contributed by atoms with van der Waals surface area (Å²) in [6, 6.07) is 8.39. The van der Waals surface area contributed by atoms with Crippen LogP contribution in [0.25, 0.3) is 0 Å². The molecule has 0 aromatic heterocycles. The van der Waals surface area contributed by atoms with E-state index in [1.54, 1.807) is 0 Å². The zero-order valence-electron chi connectivity index (χ0n) is 10.5. The fraction of sp³-hybridized carbons (Fsp3) is 0.400. The van der Waals surface area contributed by atoms with Gasteiger partial charge < -0.3 is 0 Å². The van der Waals surface area contributed by atoms with E-state index < -0.39 is 0 Å². The van der Waals surface area contributed by atoms with Gasteiger partial charge in [-0.1, -0.05) is 42.7 Å². The molecule has 1 nitrogen and oxygen atoms in total. The molecule has 0 N–H and O–H groups in total. The molecule has 0 aliphatic carbocycles. The lowest BCUT2D eigenvalue weighted by Gasteiger charge is -2.07. The Morgan fingerprint density at radius 1 is 1.38 bits per heavy atom. The Bertz CT molecular complexity index is 428. The molecular weight excluding hydrogens is 194 g/mol. The first kappa shape index (κ1) is 12.5. The molecule has 1 rings (SSSR count). The van der Waals surface area contributed by atoms with Gasteiger partial charge in [0.15, 0.2) is 0 Å². The lowest BCUT2D eigenvalue weighted by molar-refractivity contribution is 0.936. The van der Waals surface area contributed by atoms with E-state index >= 15 is 0 Å². The van der Waals surface area contributed by atoms with Crippen molar-refractivity contribution in [2.75, 3.05) is 0 Å². The van der Waals surface area contributed by atoms with E-state index in [4.69, 9.17) is 0 Å². The minimum absolute atomic E-state index is 0.00940. The molecular formula is C15H19N. The Hall–Kier alpha value is -1.55. The van der Waals surface area contributed by atoms with Gasteiger partial charge in [-0.15, -0.1) is 5.92 Å². The average molecular weight is 213 g/mol. The zero-order valence-corrected chi connectivity index (χ0v) is 10.5. The van der Waals surface area contributed by atoms with E-state index in [9.17, 15) is 0 Å². The van der Waals surface area contributed by atoms with E-state index in [1.807, 2.05) is 13.8 Å². The number of hydrogen-bond acceptors (Lipinski definition) is 1. The van der Waals surface area contributed by atoms with Crippen LogP contribution >= 0.6 is 0 Å². The smallest absolute Gasteiger partial charge is 0.135 e. The predicted molar refractivity (Wildman–Crippen MR) is 70.8 cm³/mol. The standard InChI is InChI=1S/C15H19N/c1-5-6-10-15(16-12(2)3)14-9-7-8-13(4)11-14/h7-9,11,15H,5H2,1-4H3. The van der Waals surface area contributed by atoms with Crippen molar-refractivity contribution in [1.82, 2.24) is 0 Å². The van der Waals surface area contributed by atoms with E-state index in [2.05, 4.69) is 54.9 Å². The third-order valence-electron chi connectivity index (χ3n) is 2.16. The third-order valence-corrected chi connectivity index (χ3v) is 2.16. The summed E-state index contributed by atoms with van der Waals surface area (Å²) in [4.78, 5) is 4.57. The fourth-order valence-electron chi connectivity index (χ4n) is 1.49. The van der Waals surface area contributed by atoms with Crippen LogP contribution in [0.4, 0.5) is 0 Å². The Balaban J connectivity index is 3.06. The monoisotopic (exact) mass is 213 g/mol. The first-order valence-electron chi connectivity index (χ1n) is 5.69. The van der Waals surface area contributed by atoms with Gasteiger partial charge in [0.2, 0.25) is 0 Å². The van der Waals surface area contributed by atoms with E-state index in [0.717, 1.165) is 12.1 Å². The van der Waals surface area contributed by atoms with E-state index in [1.165, 1.54) is 11.1 Å². The molecule has 0 spiro atoms. The van der Waals surface area contributed by atoms with Gasteiger partial charge in [0.25, 0.3) is 0 Å². The van der Waals surface area contributed by atoms with Gasteiger partial charge in [-0.05, 0) is 26.3 Å². The molecule has 0 aliphatic heterocycles. The molecule has 1 aromatic rings. The molecule has 84 valence electrons. The van der Waals surface area contributed by atoms with Crippen LogP contribution in [0.5, 0.6) is 0 Å². The van der Waals surface area contributed by atoms with Gasteiger partial charge in [-0.3, -0.25) is 4.99 Å². The lowest BCUT2D eigenvalue weighted by atomic mass is 10.0. The molecule has 0 saturated heterocycles. The van der Waals surface area contributed by atoms with Crippen molar-refractivity contribution in [3.05, 3.63) is 35.4 Å². The second-order valence-electron chi connectivity index (χ2n) is 4.07. The summed E-state index contributed by atoms with van der Waals surface area (Å²) in [5, 5.41) is 0. The molecule has 1 unspecified atom stereocenters. The minimum Gasteiger partial charge on any atom is -0.274 e. The largest absolute Gasteiger partial charge is 0.274 e. The van der Waals surface area contributed by atoms with Crippen LogP contribution in [-0.2, 0) is 0 Å². The molecule has 0 amide bonds. The quantitative estimate of drug-likeness (QED) is 0.521. The maximum atomic E-state index is 4.57. The summed E-state index contributed by atoms with van der Waals surface area (Å²) < 4.78 is 0. The molecule has 0 radical (unpaired) electrons. The van der Waals surface area contributed by atoms with Gasteiger partial charge in [0.05, 0.1) is 0 Å². The summed E-state index contributed by atoms with van der Waals surface area (Å²) in [5.74, 6) is 6.32. The number of nitrogens with zero attached hydrogens (tertiary/aromatic N) is 1. The molecule has 0 fully saturated rings. The van der Waals surface area contributed by atoms with Crippen LogP contribution in [0.15, 0.2) is 29.3 Å². The first-order valence-corrected chi connectivity index (χ1v) is 5.69. The second kappa shape index (κ2) is 6.12. The highest BCUT2D eigenvalue weighted by molar-refractivity contribution is 5.79. The van der Waals surface area contributed by atoms with Gasteiger partial charge in [-0.25, -0.2) is 0 Å². The summed E-state index contributed by atoms with van der Waals surface area (Å²) >= 11 is 0. The number of rotatable bonds is 2. The van der Waals surface area contributed by atoms with Crippen molar-refractivity contribution in [1.29, 1.82) is 0 Å². The van der Waals surface area contributed by atoms with Gasteiger partial charge in [0.1, 0.15) is 6.04 Å². The molecule has 1 heteroatoms. The SMILES string of the molecule is CCC#CC(N=C(C)C)c1cccc(C)c1. The Morgan fingerprint density at radius 2 is 2.12 bits per heavy atom. The maximum Gasteiger partial charge on any atom is 0.135 e. The van der Waals surface area contributed by atoms with Crippen LogP contribution in [0.3, 0.4) is 0 Å². The Kier molecular flexibility index (Phi) is 4.79. The highest BCUT2D eigenvalue weighted by atomic mass is 14.8. The predicted octanol–water partition coefficient (Wildman–Crippen LogP) is 3.93. The van der Waals surface area contributed by atoms with Crippen LogP contribution in [-0.4, -0.2) is 5.71 Å². The molecule has 1 atom stereocenters. The fourth-order valence-corrected chi connectivity index (χ4v) is 1.49. The van der Waals surface area contributed by atoms with E-state index in [-0.39, 0.29) is 6.04 Å². The molecule has 1 aromatic carbocycles. The van der Waals surface area contributed by atoms with Gasteiger partial charge >= 0.3 is 0 Å². The highest BCUT2D eigenvalue weighted by Gasteiger charge is 2.05. The molecule has 16 heavy (non-hydrogen) atoms. The summed E-state index contributed by atoms with van der Waals surface area (Å²) in [6.45, 7) is 8.17. The lowest BCUT2D eigenvalue weighted by Crippen LogP contribution is -1.96. The molecule has 0 saturated carbocycles. The number of hydrogen-bond donors (Lipinski definition) is 0. The Labute approximate surface area is 98.6 Å². The Morgan fingerprint density at radius 3 is 2.69 bits per heavy atom. The number of aryl methyl sites for hydroxylation is 1. The third kappa shape index (κ3) is 3.90. The van der Waals surface area contributed by atoms with Crippen LogP contribution in [0.2, 0.25) is 0 Å². The van der Waals surface area contributed by atoms with E-state index in [0.29, 0.717) is 0 Å². The second-order valence-corrected chi connectivity index (χ2v) is 4.07. The molecule has 0 bridgehead atoms. The zero-order chi connectivity index (χ0) is 12.0. The summed E-state index contributed by atoms with van der Waals surface area (Å²) in [7, 11) is 0. The minimum atomic E-state index is -0.00940. The van der Waals surface area contributed by atoms with Gasteiger partial charge in [-0.2, -0.15) is 0 Å². The molecule has 0 aliphatic rings.